The lowest BCUT2D eigenvalue weighted by Crippen LogP contribution is -2.32. The minimum Gasteiger partial charge on any atom is -0.497 e. The third kappa shape index (κ3) is 4.03. The number of imidazole rings is 1. The van der Waals surface area contributed by atoms with Crippen molar-refractivity contribution in [3.05, 3.63) is 78.1 Å². The molecule has 6 nitrogen and oxygen atoms in total. The van der Waals surface area contributed by atoms with Gasteiger partial charge in [-0.25, -0.2) is 4.98 Å². The van der Waals surface area contributed by atoms with Crippen LogP contribution >= 0.6 is 0 Å². The lowest BCUT2D eigenvalue weighted by molar-refractivity contribution is -0.122. The second-order valence-electron chi connectivity index (χ2n) is 5.66. The van der Waals surface area contributed by atoms with Gasteiger partial charge < -0.3 is 14.6 Å². The van der Waals surface area contributed by atoms with E-state index in [1.807, 2.05) is 47.9 Å². The molecule has 0 bridgehead atoms. The molecule has 6 heteroatoms. The van der Waals surface area contributed by atoms with Gasteiger partial charge in [-0.2, -0.15) is 0 Å². The number of aromatic nitrogens is 3. The Balaban J connectivity index is 1.83. The van der Waals surface area contributed by atoms with E-state index >= 15 is 0 Å². The molecule has 2 heterocycles. The Labute approximate surface area is 146 Å². The molecule has 0 fully saturated rings. The second-order valence-corrected chi connectivity index (χ2v) is 5.66. The molecule has 2 aromatic heterocycles. The summed E-state index contributed by atoms with van der Waals surface area (Å²) in [6.45, 7) is 2.10. The summed E-state index contributed by atoms with van der Waals surface area (Å²) in [6.07, 6.45) is 6.92. The zero-order chi connectivity index (χ0) is 17.6. The van der Waals surface area contributed by atoms with Crippen molar-refractivity contribution >= 4 is 5.91 Å². The largest absolute Gasteiger partial charge is 0.497 e. The molecule has 0 aliphatic heterocycles. The Kier molecular flexibility index (Phi) is 5.09. The van der Waals surface area contributed by atoms with Gasteiger partial charge in [-0.3, -0.25) is 9.78 Å². The van der Waals surface area contributed by atoms with Crippen LogP contribution in [-0.4, -0.2) is 27.6 Å². The van der Waals surface area contributed by atoms with Crippen molar-refractivity contribution in [2.75, 3.05) is 7.11 Å². The molecule has 1 amide bonds. The number of hydrogen-bond donors (Lipinski definition) is 1. The van der Waals surface area contributed by atoms with Crippen LogP contribution in [0.5, 0.6) is 5.75 Å². The molecule has 128 valence electrons. The van der Waals surface area contributed by atoms with Gasteiger partial charge >= 0.3 is 0 Å². The van der Waals surface area contributed by atoms with Crippen molar-refractivity contribution in [2.45, 2.75) is 19.5 Å². The van der Waals surface area contributed by atoms with Gasteiger partial charge in [0.15, 0.2) is 0 Å². The number of rotatable bonds is 6. The van der Waals surface area contributed by atoms with E-state index in [-0.39, 0.29) is 18.5 Å². The number of nitrogens with one attached hydrogen (secondary N) is 1. The van der Waals surface area contributed by atoms with Crippen molar-refractivity contribution < 1.29 is 9.53 Å². The molecule has 0 unspecified atom stereocenters. The molecular formula is C19H20N4O2. The van der Waals surface area contributed by atoms with Crippen molar-refractivity contribution in [3.63, 3.8) is 0 Å². The topological polar surface area (TPSA) is 69.0 Å². The van der Waals surface area contributed by atoms with Crippen LogP contribution in [-0.2, 0) is 11.3 Å². The van der Waals surface area contributed by atoms with Gasteiger partial charge in [-0.15, -0.1) is 0 Å². The minimum atomic E-state index is -0.259. The fourth-order valence-electron chi connectivity index (χ4n) is 2.64. The van der Waals surface area contributed by atoms with Crippen molar-refractivity contribution in [1.29, 1.82) is 0 Å². The standard InChI is InChI=1S/C19H20N4O2/c1-14-21-11-12-23(14)13-18(24)22-19(16-7-9-20-10-8-16)15-3-5-17(25-2)6-4-15/h3-12,19H,13H2,1-2H3,(H,22,24)/t19-/m0/s1. The average Bonchev–Trinajstić information content (AvgIpc) is 3.05. The number of benzene rings is 1. The average molecular weight is 336 g/mol. The van der Waals surface area contributed by atoms with E-state index < -0.39 is 0 Å². The van der Waals surface area contributed by atoms with E-state index in [2.05, 4.69) is 15.3 Å². The Hall–Kier alpha value is -3.15. The van der Waals surface area contributed by atoms with E-state index in [0.29, 0.717) is 0 Å². The summed E-state index contributed by atoms with van der Waals surface area (Å²) >= 11 is 0. The van der Waals surface area contributed by atoms with Gasteiger partial charge in [0.1, 0.15) is 18.1 Å². The smallest absolute Gasteiger partial charge is 0.240 e. The maximum atomic E-state index is 12.5. The van der Waals surface area contributed by atoms with E-state index in [4.69, 9.17) is 4.74 Å². The first kappa shape index (κ1) is 16.7. The van der Waals surface area contributed by atoms with Gasteiger partial charge in [-0.1, -0.05) is 12.1 Å². The van der Waals surface area contributed by atoms with Gasteiger partial charge in [0, 0.05) is 24.8 Å². The first-order valence-electron chi connectivity index (χ1n) is 7.98. The number of pyridine rings is 1. The normalized spacial score (nSPS) is 11.8. The van der Waals surface area contributed by atoms with Crippen molar-refractivity contribution in [1.82, 2.24) is 19.9 Å². The quantitative estimate of drug-likeness (QED) is 0.751. The van der Waals surface area contributed by atoms with E-state index in [0.717, 1.165) is 22.7 Å². The number of aryl methyl sites for hydroxylation is 1. The monoisotopic (exact) mass is 336 g/mol. The summed E-state index contributed by atoms with van der Waals surface area (Å²) in [5, 5.41) is 3.10. The fraction of sp³-hybridized carbons (Fsp3) is 0.211. The molecule has 3 rings (SSSR count). The second kappa shape index (κ2) is 7.61. The van der Waals surface area contributed by atoms with Crippen molar-refractivity contribution in [2.24, 2.45) is 0 Å². The van der Waals surface area contributed by atoms with Gasteiger partial charge in [0.25, 0.3) is 0 Å². The number of amides is 1. The van der Waals surface area contributed by atoms with Crippen LogP contribution in [0.1, 0.15) is 23.0 Å². The molecular weight excluding hydrogens is 316 g/mol. The van der Waals surface area contributed by atoms with Crippen LogP contribution in [0, 0.1) is 6.92 Å². The third-order valence-electron chi connectivity index (χ3n) is 4.03. The third-order valence-corrected chi connectivity index (χ3v) is 4.03. The van der Waals surface area contributed by atoms with Crippen molar-refractivity contribution in [3.8, 4) is 5.75 Å². The Bertz CT molecular complexity index is 828. The molecule has 0 saturated heterocycles. The highest BCUT2D eigenvalue weighted by Crippen LogP contribution is 2.23. The summed E-state index contributed by atoms with van der Waals surface area (Å²) in [7, 11) is 1.63. The highest BCUT2D eigenvalue weighted by molar-refractivity contribution is 5.77. The summed E-state index contributed by atoms with van der Waals surface area (Å²) in [4.78, 5) is 20.7. The first-order chi connectivity index (χ1) is 12.2. The van der Waals surface area contributed by atoms with Crippen LogP contribution in [0.15, 0.2) is 61.2 Å². The maximum absolute atomic E-state index is 12.5. The number of hydrogen-bond acceptors (Lipinski definition) is 4. The first-order valence-corrected chi connectivity index (χ1v) is 7.98. The number of methoxy groups -OCH3 is 1. The number of nitrogens with zero attached hydrogens (tertiary/aromatic N) is 3. The minimum absolute atomic E-state index is 0.0845. The summed E-state index contributed by atoms with van der Waals surface area (Å²) in [5.41, 5.74) is 1.94. The van der Waals surface area contributed by atoms with E-state index in [1.54, 1.807) is 31.9 Å². The van der Waals surface area contributed by atoms with Gasteiger partial charge in [0.05, 0.1) is 13.2 Å². The number of carbonyl (C=O) groups is 1. The molecule has 0 aliphatic carbocycles. The predicted molar refractivity (Wildman–Crippen MR) is 94.2 cm³/mol. The SMILES string of the molecule is COc1ccc([C@H](NC(=O)Cn2ccnc2C)c2ccncc2)cc1. The van der Waals surface area contributed by atoms with E-state index in [9.17, 15) is 4.79 Å². The van der Waals surface area contributed by atoms with E-state index in [1.165, 1.54) is 0 Å². The lowest BCUT2D eigenvalue weighted by atomic mass is 9.99. The van der Waals surface area contributed by atoms with Gasteiger partial charge in [0.2, 0.25) is 5.91 Å². The molecule has 0 aliphatic rings. The number of carbonyl (C=O) groups excluding carboxylic acids is 1. The van der Waals surface area contributed by atoms with Crippen LogP contribution < -0.4 is 10.1 Å². The highest BCUT2D eigenvalue weighted by Gasteiger charge is 2.17. The molecule has 1 N–H and O–H groups in total. The number of ether oxygens (including phenoxy) is 1. The molecule has 0 saturated carbocycles. The Morgan fingerprint density at radius 3 is 2.40 bits per heavy atom. The zero-order valence-corrected chi connectivity index (χ0v) is 14.2. The Morgan fingerprint density at radius 1 is 1.12 bits per heavy atom. The fourth-order valence-corrected chi connectivity index (χ4v) is 2.64. The van der Waals surface area contributed by atoms with Crippen LogP contribution in [0.25, 0.3) is 0 Å². The molecule has 0 spiro atoms. The molecule has 25 heavy (non-hydrogen) atoms. The molecule has 3 aromatic rings. The zero-order valence-electron chi connectivity index (χ0n) is 14.2. The van der Waals surface area contributed by atoms with Crippen LogP contribution in [0.2, 0.25) is 0 Å². The maximum Gasteiger partial charge on any atom is 0.240 e. The summed E-state index contributed by atoms with van der Waals surface area (Å²) in [6, 6.07) is 11.2. The van der Waals surface area contributed by atoms with Gasteiger partial charge in [-0.05, 0) is 42.3 Å². The Morgan fingerprint density at radius 2 is 1.80 bits per heavy atom. The van der Waals surface area contributed by atoms with Crippen LogP contribution in [0.4, 0.5) is 0 Å². The van der Waals surface area contributed by atoms with Crippen LogP contribution in [0.3, 0.4) is 0 Å². The summed E-state index contributed by atoms with van der Waals surface area (Å²) in [5.74, 6) is 1.50. The molecule has 1 atom stereocenters. The highest BCUT2D eigenvalue weighted by atomic mass is 16.5. The molecule has 1 aromatic carbocycles. The summed E-state index contributed by atoms with van der Waals surface area (Å²) < 4.78 is 7.02. The predicted octanol–water partition coefficient (Wildman–Crippen LogP) is 2.50. The lowest BCUT2D eigenvalue weighted by Gasteiger charge is -2.20. The molecule has 0 radical (unpaired) electrons.